The molecule has 0 saturated heterocycles. The molecule has 7 nitrogen and oxygen atoms in total. The van der Waals surface area contributed by atoms with Crippen molar-refractivity contribution in [1.82, 2.24) is 0 Å². The molecular weight excluding hydrogens is 286 g/mol. The molecule has 2 aromatic carbocycles. The number of nitrogens with one attached hydrogen (secondary N) is 2. The van der Waals surface area contributed by atoms with Crippen molar-refractivity contribution in [3.05, 3.63) is 58.1 Å². The SMILES string of the molecule is COc1cccc(NC(=O)Nc2cccc([N+](=O)[O-])c2C)c1. The van der Waals surface area contributed by atoms with Gasteiger partial charge in [-0.3, -0.25) is 10.1 Å². The van der Waals surface area contributed by atoms with Crippen molar-refractivity contribution in [2.75, 3.05) is 17.7 Å². The van der Waals surface area contributed by atoms with Crippen LogP contribution < -0.4 is 15.4 Å². The Bertz CT molecular complexity index is 716. The van der Waals surface area contributed by atoms with Crippen LogP contribution in [-0.2, 0) is 0 Å². The van der Waals surface area contributed by atoms with Gasteiger partial charge in [-0.05, 0) is 25.1 Å². The summed E-state index contributed by atoms with van der Waals surface area (Å²) in [5.74, 6) is 0.615. The van der Waals surface area contributed by atoms with E-state index in [0.29, 0.717) is 22.7 Å². The number of methoxy groups -OCH3 is 1. The molecule has 0 unspecified atom stereocenters. The van der Waals surface area contributed by atoms with Gasteiger partial charge in [0.05, 0.1) is 23.3 Å². The first-order chi connectivity index (χ1) is 10.5. The van der Waals surface area contributed by atoms with Gasteiger partial charge in [0.25, 0.3) is 5.69 Å². The van der Waals surface area contributed by atoms with Crippen molar-refractivity contribution in [3.8, 4) is 5.75 Å². The first-order valence-electron chi connectivity index (χ1n) is 6.47. The number of carbonyl (C=O) groups excluding carboxylic acids is 1. The summed E-state index contributed by atoms with van der Waals surface area (Å²) in [5.41, 5.74) is 1.29. The van der Waals surface area contributed by atoms with E-state index in [2.05, 4.69) is 10.6 Å². The highest BCUT2D eigenvalue weighted by molar-refractivity contribution is 6.00. The minimum absolute atomic E-state index is 0.0424. The zero-order valence-corrected chi connectivity index (χ0v) is 12.1. The second-order valence-electron chi connectivity index (χ2n) is 4.52. The molecule has 2 amide bonds. The number of nitro groups is 1. The van der Waals surface area contributed by atoms with Crippen molar-refractivity contribution in [1.29, 1.82) is 0 Å². The van der Waals surface area contributed by atoms with Crippen LogP contribution >= 0.6 is 0 Å². The Kier molecular flexibility index (Phi) is 4.57. The summed E-state index contributed by atoms with van der Waals surface area (Å²) in [4.78, 5) is 22.4. The van der Waals surface area contributed by atoms with E-state index < -0.39 is 11.0 Å². The lowest BCUT2D eigenvalue weighted by Gasteiger charge is -2.10. The summed E-state index contributed by atoms with van der Waals surface area (Å²) in [5, 5.41) is 16.1. The molecule has 0 aliphatic carbocycles. The lowest BCUT2D eigenvalue weighted by Crippen LogP contribution is -2.20. The summed E-state index contributed by atoms with van der Waals surface area (Å²) < 4.78 is 5.07. The van der Waals surface area contributed by atoms with Crippen molar-refractivity contribution < 1.29 is 14.5 Å². The average Bonchev–Trinajstić information content (AvgIpc) is 2.49. The normalized spacial score (nSPS) is 9.91. The fourth-order valence-electron chi connectivity index (χ4n) is 1.94. The third-order valence-corrected chi connectivity index (χ3v) is 3.08. The van der Waals surface area contributed by atoms with Crippen LogP contribution in [0.25, 0.3) is 0 Å². The fourth-order valence-corrected chi connectivity index (χ4v) is 1.94. The quantitative estimate of drug-likeness (QED) is 0.667. The Labute approximate surface area is 127 Å². The maximum Gasteiger partial charge on any atom is 0.323 e. The average molecular weight is 301 g/mol. The smallest absolute Gasteiger partial charge is 0.323 e. The number of hydrogen-bond acceptors (Lipinski definition) is 4. The van der Waals surface area contributed by atoms with Gasteiger partial charge in [0.1, 0.15) is 5.75 Å². The molecule has 0 atom stereocenters. The molecule has 0 aliphatic rings. The van der Waals surface area contributed by atoms with Gasteiger partial charge in [-0.25, -0.2) is 4.79 Å². The Balaban J connectivity index is 2.12. The van der Waals surface area contributed by atoms with Crippen LogP contribution in [0.5, 0.6) is 5.75 Å². The van der Waals surface area contributed by atoms with Gasteiger partial charge in [0.2, 0.25) is 0 Å². The van der Waals surface area contributed by atoms with Gasteiger partial charge in [-0.1, -0.05) is 12.1 Å². The largest absolute Gasteiger partial charge is 0.497 e. The van der Waals surface area contributed by atoms with Gasteiger partial charge >= 0.3 is 6.03 Å². The van der Waals surface area contributed by atoms with Gasteiger partial charge in [-0.2, -0.15) is 0 Å². The zero-order valence-electron chi connectivity index (χ0n) is 12.1. The summed E-state index contributed by atoms with van der Waals surface area (Å²) in [6.07, 6.45) is 0. The van der Waals surface area contributed by atoms with Gasteiger partial charge in [0.15, 0.2) is 0 Å². The fraction of sp³-hybridized carbons (Fsp3) is 0.133. The van der Waals surface area contributed by atoms with E-state index in [9.17, 15) is 14.9 Å². The molecule has 2 rings (SSSR count). The van der Waals surface area contributed by atoms with Gasteiger partial charge in [-0.15, -0.1) is 0 Å². The molecule has 2 aromatic rings. The number of carbonyl (C=O) groups is 1. The molecule has 0 aliphatic heterocycles. The van der Waals surface area contributed by atoms with Crippen molar-refractivity contribution in [3.63, 3.8) is 0 Å². The van der Waals surface area contributed by atoms with E-state index in [-0.39, 0.29) is 5.69 Å². The Morgan fingerprint density at radius 3 is 2.59 bits per heavy atom. The number of hydrogen-bond donors (Lipinski definition) is 2. The van der Waals surface area contributed by atoms with E-state index >= 15 is 0 Å². The van der Waals surface area contributed by atoms with Crippen LogP contribution in [0.2, 0.25) is 0 Å². The molecular formula is C15H15N3O4. The third-order valence-electron chi connectivity index (χ3n) is 3.08. The standard InChI is InChI=1S/C15H15N3O4/c1-10-13(7-4-8-14(10)18(20)21)17-15(19)16-11-5-3-6-12(9-11)22-2/h3-9H,1-2H3,(H2,16,17,19). The van der Waals surface area contributed by atoms with Crippen LogP contribution in [0.3, 0.4) is 0 Å². The molecule has 2 N–H and O–H groups in total. The lowest BCUT2D eigenvalue weighted by atomic mass is 10.1. The Hall–Kier alpha value is -3.09. The number of nitro benzene ring substituents is 1. The molecule has 7 heteroatoms. The third kappa shape index (κ3) is 3.51. The highest BCUT2D eigenvalue weighted by Crippen LogP contribution is 2.25. The topological polar surface area (TPSA) is 93.5 Å². The van der Waals surface area contributed by atoms with Crippen LogP contribution in [0.1, 0.15) is 5.56 Å². The first kappa shape index (κ1) is 15.3. The number of rotatable bonds is 4. The Morgan fingerprint density at radius 2 is 1.91 bits per heavy atom. The predicted octanol–water partition coefficient (Wildman–Crippen LogP) is 3.56. The monoisotopic (exact) mass is 301 g/mol. The van der Waals surface area contributed by atoms with Gasteiger partial charge < -0.3 is 15.4 Å². The number of urea groups is 1. The van der Waals surface area contributed by atoms with Crippen molar-refractivity contribution in [2.45, 2.75) is 6.92 Å². The molecule has 0 saturated carbocycles. The summed E-state index contributed by atoms with van der Waals surface area (Å²) in [6.45, 7) is 1.58. The van der Waals surface area contributed by atoms with Crippen LogP contribution in [-0.4, -0.2) is 18.1 Å². The van der Waals surface area contributed by atoms with E-state index in [1.165, 1.54) is 19.2 Å². The van der Waals surface area contributed by atoms with E-state index in [0.717, 1.165) is 0 Å². The van der Waals surface area contributed by atoms with E-state index in [4.69, 9.17) is 4.74 Å². The molecule has 22 heavy (non-hydrogen) atoms. The molecule has 0 radical (unpaired) electrons. The number of ether oxygens (including phenoxy) is 1. The maximum absolute atomic E-state index is 12.0. The van der Waals surface area contributed by atoms with Gasteiger partial charge in [0, 0.05) is 17.8 Å². The molecule has 0 bridgehead atoms. The summed E-state index contributed by atoms with van der Waals surface area (Å²) >= 11 is 0. The number of benzene rings is 2. The number of nitrogens with zero attached hydrogens (tertiary/aromatic N) is 1. The lowest BCUT2D eigenvalue weighted by molar-refractivity contribution is -0.385. The minimum Gasteiger partial charge on any atom is -0.497 e. The molecule has 114 valence electrons. The maximum atomic E-state index is 12.0. The van der Waals surface area contributed by atoms with Crippen LogP contribution in [0.15, 0.2) is 42.5 Å². The Morgan fingerprint density at radius 1 is 1.18 bits per heavy atom. The second kappa shape index (κ2) is 6.57. The highest BCUT2D eigenvalue weighted by atomic mass is 16.6. The van der Waals surface area contributed by atoms with E-state index in [1.807, 2.05) is 0 Å². The molecule has 0 spiro atoms. The highest BCUT2D eigenvalue weighted by Gasteiger charge is 2.14. The summed E-state index contributed by atoms with van der Waals surface area (Å²) in [6, 6.07) is 10.9. The predicted molar refractivity (Wildman–Crippen MR) is 83.5 cm³/mol. The first-order valence-corrected chi connectivity index (χ1v) is 6.47. The zero-order chi connectivity index (χ0) is 16.1. The minimum atomic E-state index is -0.489. The van der Waals surface area contributed by atoms with Crippen LogP contribution in [0.4, 0.5) is 21.9 Å². The molecule has 0 aromatic heterocycles. The molecule has 0 fully saturated rings. The summed E-state index contributed by atoms with van der Waals surface area (Å²) in [7, 11) is 1.53. The molecule has 0 heterocycles. The van der Waals surface area contributed by atoms with Crippen molar-refractivity contribution >= 4 is 23.1 Å². The second-order valence-corrected chi connectivity index (χ2v) is 4.52. The number of amides is 2. The van der Waals surface area contributed by atoms with E-state index in [1.54, 1.807) is 37.3 Å². The van der Waals surface area contributed by atoms with Crippen molar-refractivity contribution in [2.24, 2.45) is 0 Å². The van der Waals surface area contributed by atoms with Crippen LogP contribution in [0, 0.1) is 17.0 Å². The number of anilines is 2.